The van der Waals surface area contributed by atoms with Gasteiger partial charge in [0, 0.05) is 25.3 Å². The van der Waals surface area contributed by atoms with E-state index in [2.05, 4.69) is 5.32 Å². The molecular weight excluding hydrogens is 282 g/mol. The normalized spacial score (nSPS) is 15.8. The lowest BCUT2D eigenvalue weighted by Crippen LogP contribution is -2.22. The summed E-state index contributed by atoms with van der Waals surface area (Å²) in [6.07, 6.45) is 2.24. The van der Waals surface area contributed by atoms with E-state index < -0.39 is 5.97 Å². The van der Waals surface area contributed by atoms with Gasteiger partial charge >= 0.3 is 5.97 Å². The van der Waals surface area contributed by atoms with Gasteiger partial charge in [-0.25, -0.2) is 4.79 Å². The lowest BCUT2D eigenvalue weighted by molar-refractivity contribution is -0.117. The van der Waals surface area contributed by atoms with E-state index >= 15 is 0 Å². The number of carbonyl (C=O) groups excluding carboxylic acids is 1. The monoisotopic (exact) mass is 297 g/mol. The van der Waals surface area contributed by atoms with Gasteiger partial charge < -0.3 is 15.2 Å². The number of carboxylic acid groups (broad SMARTS) is 1. The molecule has 108 valence electrons. The zero-order valence-electron chi connectivity index (χ0n) is 10.9. The minimum Gasteiger partial charge on any atom is -0.478 e. The van der Waals surface area contributed by atoms with Gasteiger partial charge in [-0.3, -0.25) is 4.79 Å². The molecule has 5 nitrogen and oxygen atoms in total. The average molecular weight is 298 g/mol. The fraction of sp³-hybridized carbons (Fsp3) is 0.429. The van der Waals surface area contributed by atoms with Gasteiger partial charge in [0.05, 0.1) is 10.6 Å². The van der Waals surface area contributed by atoms with Crippen LogP contribution in [0, 0.1) is 5.92 Å². The van der Waals surface area contributed by atoms with Crippen molar-refractivity contribution in [3.63, 3.8) is 0 Å². The highest BCUT2D eigenvalue weighted by atomic mass is 35.5. The molecule has 1 fully saturated rings. The van der Waals surface area contributed by atoms with Gasteiger partial charge in [-0.15, -0.1) is 0 Å². The molecule has 0 aliphatic carbocycles. The van der Waals surface area contributed by atoms with E-state index in [-0.39, 0.29) is 16.5 Å². The van der Waals surface area contributed by atoms with Crippen LogP contribution in [0.1, 0.15) is 29.6 Å². The van der Waals surface area contributed by atoms with Crippen molar-refractivity contribution in [1.82, 2.24) is 0 Å². The number of carboxylic acids is 1. The Morgan fingerprint density at radius 2 is 2.05 bits per heavy atom. The van der Waals surface area contributed by atoms with Crippen LogP contribution in [0.2, 0.25) is 5.02 Å². The Bertz CT molecular complexity index is 512. The maximum absolute atomic E-state index is 11.9. The third kappa shape index (κ3) is 3.95. The fourth-order valence-corrected chi connectivity index (χ4v) is 2.45. The van der Waals surface area contributed by atoms with Crippen molar-refractivity contribution in [2.75, 3.05) is 18.5 Å². The number of carbonyl (C=O) groups is 2. The molecule has 0 radical (unpaired) electrons. The van der Waals surface area contributed by atoms with Crippen molar-refractivity contribution in [2.24, 2.45) is 5.92 Å². The Labute approximate surface area is 121 Å². The van der Waals surface area contributed by atoms with Crippen molar-refractivity contribution in [1.29, 1.82) is 0 Å². The van der Waals surface area contributed by atoms with Crippen molar-refractivity contribution in [3.05, 3.63) is 28.8 Å². The van der Waals surface area contributed by atoms with E-state index in [0.29, 0.717) is 31.2 Å². The Morgan fingerprint density at radius 3 is 2.65 bits per heavy atom. The molecule has 1 heterocycles. The van der Waals surface area contributed by atoms with E-state index in [1.807, 2.05) is 0 Å². The number of benzene rings is 1. The van der Waals surface area contributed by atoms with Crippen LogP contribution < -0.4 is 5.32 Å². The van der Waals surface area contributed by atoms with Crippen LogP contribution in [0.25, 0.3) is 0 Å². The molecule has 0 bridgehead atoms. The van der Waals surface area contributed by atoms with Crippen LogP contribution in [0.3, 0.4) is 0 Å². The molecular formula is C14H16ClNO4. The molecule has 0 unspecified atom stereocenters. The number of halogens is 1. The van der Waals surface area contributed by atoms with Gasteiger partial charge in [0.2, 0.25) is 5.91 Å². The number of rotatable bonds is 4. The van der Waals surface area contributed by atoms with E-state index in [4.69, 9.17) is 21.4 Å². The molecule has 0 saturated carbocycles. The van der Waals surface area contributed by atoms with Crippen LogP contribution >= 0.6 is 11.6 Å². The molecule has 0 aromatic heterocycles. The molecule has 2 N–H and O–H groups in total. The molecule has 20 heavy (non-hydrogen) atoms. The number of ether oxygens (including phenoxy) is 1. The molecule has 1 aromatic rings. The van der Waals surface area contributed by atoms with Crippen LogP contribution in [0.4, 0.5) is 5.69 Å². The second-order valence-corrected chi connectivity index (χ2v) is 5.22. The summed E-state index contributed by atoms with van der Waals surface area (Å²) in [6.45, 7) is 1.41. The van der Waals surface area contributed by atoms with Crippen LogP contribution in [-0.2, 0) is 9.53 Å². The summed E-state index contributed by atoms with van der Waals surface area (Å²) in [5.74, 6) is -0.830. The van der Waals surface area contributed by atoms with Crippen molar-refractivity contribution >= 4 is 29.2 Å². The molecule has 6 heteroatoms. The van der Waals surface area contributed by atoms with Gasteiger partial charge in [-0.1, -0.05) is 11.6 Å². The SMILES string of the molecule is O=C(CC1CCOCC1)Nc1ccc(C(=O)O)c(Cl)c1. The standard InChI is InChI=1S/C14H16ClNO4/c15-12-8-10(1-2-11(12)14(18)19)16-13(17)7-9-3-5-20-6-4-9/h1-2,8-9H,3-7H2,(H,16,17)(H,18,19). The van der Waals surface area contributed by atoms with E-state index in [1.165, 1.54) is 18.2 Å². The smallest absolute Gasteiger partial charge is 0.337 e. The predicted molar refractivity (Wildman–Crippen MR) is 75.2 cm³/mol. The second kappa shape index (κ2) is 6.72. The van der Waals surface area contributed by atoms with Crippen LogP contribution in [0.15, 0.2) is 18.2 Å². The first-order chi connectivity index (χ1) is 9.56. The minimum atomic E-state index is -1.09. The average Bonchev–Trinajstić information content (AvgIpc) is 2.39. The van der Waals surface area contributed by atoms with Gasteiger partial charge in [0.15, 0.2) is 0 Å². The molecule has 2 rings (SSSR count). The first-order valence-electron chi connectivity index (χ1n) is 6.46. The quantitative estimate of drug-likeness (QED) is 0.896. The zero-order chi connectivity index (χ0) is 14.5. The van der Waals surface area contributed by atoms with E-state index in [1.54, 1.807) is 0 Å². The molecule has 0 spiro atoms. The first-order valence-corrected chi connectivity index (χ1v) is 6.84. The van der Waals surface area contributed by atoms with Gasteiger partial charge in [0.25, 0.3) is 0 Å². The summed E-state index contributed by atoms with van der Waals surface area (Å²) in [5, 5.41) is 11.7. The fourth-order valence-electron chi connectivity index (χ4n) is 2.19. The molecule has 1 aliphatic rings. The van der Waals surface area contributed by atoms with Crippen molar-refractivity contribution in [3.8, 4) is 0 Å². The maximum atomic E-state index is 11.9. The van der Waals surface area contributed by atoms with Crippen molar-refractivity contribution < 1.29 is 19.4 Å². The van der Waals surface area contributed by atoms with Crippen LogP contribution in [-0.4, -0.2) is 30.2 Å². The predicted octanol–water partition coefficient (Wildman–Crippen LogP) is 2.79. The van der Waals surface area contributed by atoms with E-state index in [0.717, 1.165) is 12.8 Å². The maximum Gasteiger partial charge on any atom is 0.337 e. The number of aromatic carboxylic acids is 1. The number of amides is 1. The third-order valence-electron chi connectivity index (χ3n) is 3.30. The molecule has 1 saturated heterocycles. The van der Waals surface area contributed by atoms with Gasteiger partial charge in [-0.05, 0) is 37.0 Å². The highest BCUT2D eigenvalue weighted by Crippen LogP contribution is 2.23. The van der Waals surface area contributed by atoms with Crippen LogP contribution in [0.5, 0.6) is 0 Å². The number of nitrogens with one attached hydrogen (secondary N) is 1. The lowest BCUT2D eigenvalue weighted by Gasteiger charge is -2.21. The molecule has 1 amide bonds. The summed E-state index contributed by atoms with van der Waals surface area (Å²) < 4.78 is 5.25. The summed E-state index contributed by atoms with van der Waals surface area (Å²) in [6, 6.07) is 4.37. The topological polar surface area (TPSA) is 75.6 Å². The third-order valence-corrected chi connectivity index (χ3v) is 3.61. The molecule has 1 aliphatic heterocycles. The minimum absolute atomic E-state index is 0.0223. The molecule has 0 atom stereocenters. The first kappa shape index (κ1) is 14.8. The highest BCUT2D eigenvalue weighted by molar-refractivity contribution is 6.33. The second-order valence-electron chi connectivity index (χ2n) is 4.81. The number of hydrogen-bond donors (Lipinski definition) is 2. The number of hydrogen-bond acceptors (Lipinski definition) is 3. The summed E-state index contributed by atoms with van der Waals surface area (Å²) in [5.41, 5.74) is 0.533. The summed E-state index contributed by atoms with van der Waals surface area (Å²) in [7, 11) is 0. The molecule has 1 aromatic carbocycles. The Kier molecular flexibility index (Phi) is 4.98. The zero-order valence-corrected chi connectivity index (χ0v) is 11.7. The highest BCUT2D eigenvalue weighted by Gasteiger charge is 2.18. The number of anilines is 1. The lowest BCUT2D eigenvalue weighted by atomic mass is 9.96. The van der Waals surface area contributed by atoms with Gasteiger partial charge in [0.1, 0.15) is 0 Å². The van der Waals surface area contributed by atoms with E-state index in [9.17, 15) is 9.59 Å². The summed E-state index contributed by atoms with van der Waals surface area (Å²) in [4.78, 5) is 22.7. The van der Waals surface area contributed by atoms with Gasteiger partial charge in [-0.2, -0.15) is 0 Å². The largest absolute Gasteiger partial charge is 0.478 e. The Morgan fingerprint density at radius 1 is 1.35 bits per heavy atom. The Hall–Kier alpha value is -1.59. The Balaban J connectivity index is 1.93. The van der Waals surface area contributed by atoms with Crippen molar-refractivity contribution in [2.45, 2.75) is 19.3 Å². The summed E-state index contributed by atoms with van der Waals surface area (Å²) >= 11 is 5.85.